The van der Waals surface area contributed by atoms with Gasteiger partial charge in [0.05, 0.1) is 25.9 Å². The first-order valence-corrected chi connectivity index (χ1v) is 3.89. The minimum atomic E-state index is -0.938. The van der Waals surface area contributed by atoms with Gasteiger partial charge in [0, 0.05) is 6.54 Å². The van der Waals surface area contributed by atoms with Gasteiger partial charge >= 0.3 is 5.97 Å². The highest BCUT2D eigenvalue weighted by Crippen LogP contribution is 1.93. The SMILES string of the molecule is O=C(O)COC[C@@H]1COCCN1. The van der Waals surface area contributed by atoms with E-state index in [0.717, 1.165) is 13.2 Å². The Hall–Kier alpha value is -0.650. The molecular formula is C7H13NO4. The molecule has 0 unspecified atom stereocenters. The molecule has 5 heteroatoms. The number of nitrogens with one attached hydrogen (secondary N) is 1. The summed E-state index contributed by atoms with van der Waals surface area (Å²) in [5.74, 6) is -0.938. The van der Waals surface area contributed by atoms with E-state index in [1.165, 1.54) is 0 Å². The van der Waals surface area contributed by atoms with E-state index < -0.39 is 5.97 Å². The van der Waals surface area contributed by atoms with Crippen LogP contribution in [0.15, 0.2) is 0 Å². The molecule has 5 nitrogen and oxygen atoms in total. The smallest absolute Gasteiger partial charge is 0.329 e. The zero-order valence-electron chi connectivity index (χ0n) is 6.78. The van der Waals surface area contributed by atoms with E-state index in [4.69, 9.17) is 14.6 Å². The van der Waals surface area contributed by atoms with E-state index in [0.29, 0.717) is 13.2 Å². The minimum Gasteiger partial charge on any atom is -0.480 e. The van der Waals surface area contributed by atoms with E-state index >= 15 is 0 Å². The molecule has 0 amide bonds. The monoisotopic (exact) mass is 175 g/mol. The summed E-state index contributed by atoms with van der Waals surface area (Å²) in [6.45, 7) is 2.28. The number of rotatable bonds is 4. The van der Waals surface area contributed by atoms with Crippen molar-refractivity contribution in [1.29, 1.82) is 0 Å². The van der Waals surface area contributed by atoms with Gasteiger partial charge in [0.1, 0.15) is 6.61 Å². The van der Waals surface area contributed by atoms with Gasteiger partial charge in [-0.05, 0) is 0 Å². The second kappa shape index (κ2) is 5.08. The average Bonchev–Trinajstić information content (AvgIpc) is 2.05. The van der Waals surface area contributed by atoms with Gasteiger partial charge < -0.3 is 19.9 Å². The van der Waals surface area contributed by atoms with E-state index in [9.17, 15) is 4.79 Å². The molecule has 1 aliphatic heterocycles. The molecule has 12 heavy (non-hydrogen) atoms. The number of ether oxygens (including phenoxy) is 2. The molecule has 0 bridgehead atoms. The summed E-state index contributed by atoms with van der Waals surface area (Å²) in [4.78, 5) is 10.1. The average molecular weight is 175 g/mol. The second-order valence-corrected chi connectivity index (χ2v) is 2.63. The van der Waals surface area contributed by atoms with Crippen molar-refractivity contribution in [2.24, 2.45) is 0 Å². The van der Waals surface area contributed by atoms with Crippen LogP contribution in [0.5, 0.6) is 0 Å². The molecule has 0 aliphatic carbocycles. The summed E-state index contributed by atoms with van der Waals surface area (Å²) < 4.78 is 10.0. The van der Waals surface area contributed by atoms with Gasteiger partial charge in [-0.2, -0.15) is 0 Å². The zero-order chi connectivity index (χ0) is 8.81. The minimum absolute atomic E-state index is 0.137. The van der Waals surface area contributed by atoms with Gasteiger partial charge in [-0.1, -0.05) is 0 Å². The largest absolute Gasteiger partial charge is 0.480 e. The van der Waals surface area contributed by atoms with Crippen molar-refractivity contribution in [3.8, 4) is 0 Å². The van der Waals surface area contributed by atoms with Gasteiger partial charge in [-0.25, -0.2) is 4.79 Å². The zero-order valence-corrected chi connectivity index (χ0v) is 6.78. The first kappa shape index (κ1) is 9.44. The fourth-order valence-corrected chi connectivity index (χ4v) is 1.02. The van der Waals surface area contributed by atoms with E-state index in [1.54, 1.807) is 0 Å². The lowest BCUT2D eigenvalue weighted by Crippen LogP contribution is -2.44. The van der Waals surface area contributed by atoms with Crippen molar-refractivity contribution in [3.63, 3.8) is 0 Å². The van der Waals surface area contributed by atoms with Crippen molar-refractivity contribution in [2.45, 2.75) is 6.04 Å². The molecule has 0 radical (unpaired) electrons. The van der Waals surface area contributed by atoms with Crippen LogP contribution in [-0.2, 0) is 14.3 Å². The number of carboxylic acids is 1. The quantitative estimate of drug-likeness (QED) is 0.578. The predicted molar refractivity (Wildman–Crippen MR) is 41.1 cm³/mol. The Morgan fingerprint density at radius 2 is 2.58 bits per heavy atom. The van der Waals surface area contributed by atoms with Crippen LogP contribution in [0.4, 0.5) is 0 Å². The maximum Gasteiger partial charge on any atom is 0.329 e. The molecule has 0 spiro atoms. The molecular weight excluding hydrogens is 162 g/mol. The van der Waals surface area contributed by atoms with Crippen molar-refractivity contribution < 1.29 is 19.4 Å². The van der Waals surface area contributed by atoms with Crippen LogP contribution in [0.2, 0.25) is 0 Å². The van der Waals surface area contributed by atoms with Gasteiger partial charge in [-0.3, -0.25) is 0 Å². The summed E-state index contributed by atoms with van der Waals surface area (Å²) in [5.41, 5.74) is 0. The molecule has 70 valence electrons. The first-order valence-electron chi connectivity index (χ1n) is 3.89. The molecule has 0 saturated carbocycles. The third-order valence-electron chi connectivity index (χ3n) is 1.54. The van der Waals surface area contributed by atoms with Crippen molar-refractivity contribution in [2.75, 3.05) is 33.0 Å². The molecule has 1 saturated heterocycles. The fourth-order valence-electron chi connectivity index (χ4n) is 1.02. The normalized spacial score (nSPS) is 23.8. The van der Waals surface area contributed by atoms with Gasteiger partial charge in [0.2, 0.25) is 0 Å². The molecule has 1 aliphatic rings. The fraction of sp³-hybridized carbons (Fsp3) is 0.857. The van der Waals surface area contributed by atoms with Crippen LogP contribution in [0, 0.1) is 0 Å². The van der Waals surface area contributed by atoms with Crippen molar-refractivity contribution >= 4 is 5.97 Å². The highest BCUT2D eigenvalue weighted by Gasteiger charge is 2.12. The Kier molecular flexibility index (Phi) is 3.99. The second-order valence-electron chi connectivity index (χ2n) is 2.63. The molecule has 1 atom stereocenters. The molecule has 2 N–H and O–H groups in total. The number of carbonyl (C=O) groups is 1. The van der Waals surface area contributed by atoms with Crippen LogP contribution in [-0.4, -0.2) is 50.1 Å². The maximum atomic E-state index is 10.1. The number of carboxylic acid groups (broad SMARTS) is 1. The maximum absolute atomic E-state index is 10.1. The highest BCUT2D eigenvalue weighted by molar-refractivity contribution is 5.67. The first-order chi connectivity index (χ1) is 5.79. The Balaban J connectivity index is 2.01. The van der Waals surface area contributed by atoms with Crippen LogP contribution in [0.25, 0.3) is 0 Å². The summed E-state index contributed by atoms with van der Waals surface area (Å²) in [6.07, 6.45) is 0. The van der Waals surface area contributed by atoms with E-state index in [2.05, 4.69) is 5.32 Å². The van der Waals surface area contributed by atoms with Gasteiger partial charge in [0.15, 0.2) is 0 Å². The number of hydrogen-bond acceptors (Lipinski definition) is 4. The van der Waals surface area contributed by atoms with E-state index in [-0.39, 0.29) is 12.6 Å². The lowest BCUT2D eigenvalue weighted by Gasteiger charge is -2.23. The predicted octanol–water partition coefficient (Wildman–Crippen LogP) is -0.924. The lowest BCUT2D eigenvalue weighted by atomic mass is 10.3. The Morgan fingerprint density at radius 1 is 1.75 bits per heavy atom. The molecule has 0 aromatic heterocycles. The van der Waals surface area contributed by atoms with Crippen molar-refractivity contribution in [3.05, 3.63) is 0 Å². The third-order valence-corrected chi connectivity index (χ3v) is 1.54. The molecule has 0 aromatic carbocycles. The van der Waals surface area contributed by atoms with Crippen molar-refractivity contribution in [1.82, 2.24) is 5.32 Å². The third kappa shape index (κ3) is 3.66. The summed E-state index contributed by atoms with van der Waals surface area (Å²) in [6, 6.07) is 0.137. The molecule has 0 aromatic rings. The van der Waals surface area contributed by atoms with Gasteiger partial charge in [0.25, 0.3) is 0 Å². The number of morpholine rings is 1. The number of aliphatic carboxylic acids is 1. The van der Waals surface area contributed by atoms with E-state index in [1.807, 2.05) is 0 Å². The Morgan fingerprint density at radius 3 is 3.17 bits per heavy atom. The summed E-state index contributed by atoms with van der Waals surface area (Å²) >= 11 is 0. The highest BCUT2D eigenvalue weighted by atomic mass is 16.5. The summed E-state index contributed by atoms with van der Waals surface area (Å²) in [7, 11) is 0. The lowest BCUT2D eigenvalue weighted by molar-refractivity contribution is -0.142. The van der Waals surface area contributed by atoms with Crippen LogP contribution < -0.4 is 5.32 Å². The Bertz CT molecular complexity index is 144. The number of hydrogen-bond donors (Lipinski definition) is 2. The molecule has 1 heterocycles. The molecule has 1 rings (SSSR count). The van der Waals surface area contributed by atoms with Gasteiger partial charge in [-0.15, -0.1) is 0 Å². The van der Waals surface area contributed by atoms with Crippen LogP contribution >= 0.6 is 0 Å². The van der Waals surface area contributed by atoms with Crippen LogP contribution in [0.3, 0.4) is 0 Å². The summed E-state index contributed by atoms with van der Waals surface area (Å²) in [5, 5.41) is 11.4. The topological polar surface area (TPSA) is 67.8 Å². The van der Waals surface area contributed by atoms with Crippen LogP contribution in [0.1, 0.15) is 0 Å². The standard InChI is InChI=1S/C7H13NO4/c9-7(10)5-12-4-6-3-11-2-1-8-6/h6,8H,1-5H2,(H,9,10)/t6-/m0/s1. The Labute approximate surface area is 70.7 Å². The molecule has 1 fully saturated rings.